The molecule has 2 aliphatic carbocycles. The van der Waals surface area contributed by atoms with Crippen LogP contribution in [0.25, 0.3) is 11.2 Å². The molecule has 0 bridgehead atoms. The number of imidazole rings is 1. The highest BCUT2D eigenvalue weighted by Crippen LogP contribution is 2.38. The average Bonchev–Trinajstić information content (AvgIpc) is 3.00. The Hall–Kier alpha value is -1.36. The van der Waals surface area contributed by atoms with Crippen molar-refractivity contribution in [3.63, 3.8) is 0 Å². The smallest absolute Gasteiger partial charge is 0.176 e. The van der Waals surface area contributed by atoms with Gasteiger partial charge in [-0.3, -0.25) is 4.99 Å². The number of H-pyrrole nitrogens is 1. The van der Waals surface area contributed by atoms with Gasteiger partial charge in [0.1, 0.15) is 11.3 Å². The van der Waals surface area contributed by atoms with Crippen molar-refractivity contribution in [3.8, 4) is 0 Å². The summed E-state index contributed by atoms with van der Waals surface area (Å²) in [7, 11) is 0. The standard InChI is InChI=1S/C15H21N5.ClH/c1-2-20-9-16-14(17-11-5-3-4-6-11)12-15(20)19-13(18-12)10-7-8-10;/h9-11H,2-8H2,1H3,(H,18,19);1H. The number of aromatic nitrogens is 4. The maximum absolute atomic E-state index is 4.86. The fourth-order valence-corrected chi connectivity index (χ4v) is 3.07. The monoisotopic (exact) mass is 307 g/mol. The summed E-state index contributed by atoms with van der Waals surface area (Å²) >= 11 is 0. The second kappa shape index (κ2) is 5.79. The van der Waals surface area contributed by atoms with E-state index in [1.807, 2.05) is 6.33 Å². The van der Waals surface area contributed by atoms with Gasteiger partial charge in [0.25, 0.3) is 0 Å². The Morgan fingerprint density at radius 3 is 2.71 bits per heavy atom. The lowest BCUT2D eigenvalue weighted by Gasteiger charge is -2.04. The zero-order valence-corrected chi connectivity index (χ0v) is 13.2. The first-order chi connectivity index (χ1) is 9.85. The quantitative estimate of drug-likeness (QED) is 0.948. The highest BCUT2D eigenvalue weighted by Gasteiger charge is 2.27. The summed E-state index contributed by atoms with van der Waals surface area (Å²) in [6.45, 7) is 3.02. The Kier molecular flexibility index (Phi) is 4.02. The van der Waals surface area contributed by atoms with Crippen LogP contribution in [-0.4, -0.2) is 25.6 Å². The molecule has 0 aromatic carbocycles. The number of nitrogens with one attached hydrogen (secondary N) is 1. The van der Waals surface area contributed by atoms with Crippen molar-refractivity contribution < 1.29 is 0 Å². The van der Waals surface area contributed by atoms with Gasteiger partial charge in [0.05, 0.1) is 12.4 Å². The Balaban J connectivity index is 0.00000132. The first-order valence-corrected chi connectivity index (χ1v) is 7.84. The number of halogens is 1. The fraction of sp³-hybridized carbons (Fsp3) is 0.667. The van der Waals surface area contributed by atoms with Crippen molar-refractivity contribution in [2.24, 2.45) is 4.99 Å². The number of hydrogen-bond donors (Lipinski definition) is 1. The van der Waals surface area contributed by atoms with Crippen LogP contribution in [0.3, 0.4) is 0 Å². The van der Waals surface area contributed by atoms with Gasteiger partial charge in [-0.05, 0) is 32.6 Å². The van der Waals surface area contributed by atoms with Crippen LogP contribution in [0.5, 0.6) is 0 Å². The lowest BCUT2D eigenvalue weighted by molar-refractivity contribution is 0.675. The summed E-state index contributed by atoms with van der Waals surface area (Å²) in [4.78, 5) is 17.7. The summed E-state index contributed by atoms with van der Waals surface area (Å²) in [5.74, 6) is 1.75. The molecule has 2 heterocycles. The van der Waals surface area contributed by atoms with Crippen LogP contribution in [0.2, 0.25) is 0 Å². The second-order valence-electron chi connectivity index (χ2n) is 6.02. The minimum atomic E-state index is 0. The number of aryl methyl sites for hydroxylation is 1. The summed E-state index contributed by atoms with van der Waals surface area (Å²) in [5.41, 5.74) is 2.90. The van der Waals surface area contributed by atoms with Gasteiger partial charge in [0.2, 0.25) is 0 Å². The van der Waals surface area contributed by atoms with Crippen molar-refractivity contribution in [1.82, 2.24) is 19.5 Å². The van der Waals surface area contributed by atoms with Gasteiger partial charge in [0.15, 0.2) is 11.1 Å². The molecule has 2 fully saturated rings. The van der Waals surface area contributed by atoms with Crippen LogP contribution >= 0.6 is 12.4 Å². The Labute approximate surface area is 130 Å². The molecule has 4 rings (SSSR count). The van der Waals surface area contributed by atoms with Gasteiger partial charge >= 0.3 is 0 Å². The molecule has 0 radical (unpaired) electrons. The lowest BCUT2D eigenvalue weighted by atomic mass is 10.3. The maximum atomic E-state index is 4.86. The molecule has 114 valence electrons. The van der Waals surface area contributed by atoms with Gasteiger partial charge in [-0.15, -0.1) is 12.4 Å². The van der Waals surface area contributed by atoms with E-state index in [1.54, 1.807) is 0 Å². The van der Waals surface area contributed by atoms with Crippen LogP contribution in [0, 0.1) is 0 Å². The molecule has 2 aromatic rings. The van der Waals surface area contributed by atoms with Gasteiger partial charge in [0, 0.05) is 12.5 Å². The molecule has 5 nitrogen and oxygen atoms in total. The summed E-state index contributed by atoms with van der Waals surface area (Å²) in [6, 6.07) is 0.454. The molecule has 0 saturated heterocycles. The highest BCUT2D eigenvalue weighted by molar-refractivity contribution is 5.85. The number of hydrogen-bond acceptors (Lipinski definition) is 3. The van der Waals surface area contributed by atoms with Crippen molar-refractivity contribution in [2.75, 3.05) is 0 Å². The van der Waals surface area contributed by atoms with E-state index in [1.165, 1.54) is 38.5 Å². The van der Waals surface area contributed by atoms with Crippen LogP contribution in [0.4, 0.5) is 0 Å². The molecule has 0 aliphatic heterocycles. The van der Waals surface area contributed by atoms with Gasteiger partial charge in [-0.1, -0.05) is 12.8 Å². The van der Waals surface area contributed by atoms with E-state index in [-0.39, 0.29) is 12.4 Å². The van der Waals surface area contributed by atoms with E-state index in [0.29, 0.717) is 12.0 Å². The van der Waals surface area contributed by atoms with Crippen LogP contribution in [-0.2, 0) is 6.54 Å². The minimum Gasteiger partial charge on any atom is -0.337 e. The average molecular weight is 308 g/mol. The van der Waals surface area contributed by atoms with E-state index in [9.17, 15) is 0 Å². The fourth-order valence-electron chi connectivity index (χ4n) is 3.07. The molecule has 0 unspecified atom stereocenters. The van der Waals surface area contributed by atoms with Crippen molar-refractivity contribution >= 4 is 23.6 Å². The molecular formula is C15H22ClN5. The second-order valence-corrected chi connectivity index (χ2v) is 6.02. The number of rotatable bonds is 3. The van der Waals surface area contributed by atoms with E-state index >= 15 is 0 Å². The van der Waals surface area contributed by atoms with Gasteiger partial charge in [-0.2, -0.15) is 0 Å². The van der Waals surface area contributed by atoms with Crippen LogP contribution in [0.15, 0.2) is 11.3 Å². The SMILES string of the molecule is CCn1cnc(=NC2CCCC2)c2[nH]c(C3CC3)nc21.Cl. The third-order valence-electron chi connectivity index (χ3n) is 4.45. The Morgan fingerprint density at radius 2 is 2.05 bits per heavy atom. The topological polar surface area (TPSA) is 58.9 Å². The number of fused-ring (bicyclic) bond motifs is 1. The third-order valence-corrected chi connectivity index (χ3v) is 4.45. The first kappa shape index (κ1) is 14.6. The number of aromatic amines is 1. The molecule has 2 aromatic heterocycles. The molecule has 0 amide bonds. The molecule has 0 spiro atoms. The normalized spacial score (nSPS) is 20.1. The summed E-state index contributed by atoms with van der Waals surface area (Å²) < 4.78 is 2.10. The molecule has 21 heavy (non-hydrogen) atoms. The molecule has 0 atom stereocenters. The predicted octanol–water partition coefficient (Wildman–Crippen LogP) is 2.92. The molecule has 2 saturated carbocycles. The molecule has 6 heteroatoms. The Bertz CT molecular complexity index is 692. The van der Waals surface area contributed by atoms with Gasteiger partial charge < -0.3 is 9.55 Å². The Morgan fingerprint density at radius 1 is 1.29 bits per heavy atom. The van der Waals surface area contributed by atoms with E-state index in [2.05, 4.69) is 21.5 Å². The van der Waals surface area contributed by atoms with Crippen LogP contribution < -0.4 is 5.49 Å². The maximum Gasteiger partial charge on any atom is 0.176 e. The first-order valence-electron chi connectivity index (χ1n) is 7.84. The summed E-state index contributed by atoms with van der Waals surface area (Å²) in [5, 5.41) is 0. The molecule has 1 N–H and O–H groups in total. The predicted molar refractivity (Wildman–Crippen MR) is 84.6 cm³/mol. The summed E-state index contributed by atoms with van der Waals surface area (Å²) in [6.07, 6.45) is 9.41. The third kappa shape index (κ3) is 2.71. The zero-order chi connectivity index (χ0) is 13.5. The van der Waals surface area contributed by atoms with Crippen molar-refractivity contribution in [1.29, 1.82) is 0 Å². The van der Waals surface area contributed by atoms with E-state index < -0.39 is 0 Å². The largest absolute Gasteiger partial charge is 0.337 e. The zero-order valence-electron chi connectivity index (χ0n) is 12.4. The molecule has 2 aliphatic rings. The highest BCUT2D eigenvalue weighted by atomic mass is 35.5. The van der Waals surface area contributed by atoms with E-state index in [4.69, 9.17) is 9.98 Å². The molecular weight excluding hydrogens is 286 g/mol. The van der Waals surface area contributed by atoms with Crippen molar-refractivity contribution in [3.05, 3.63) is 17.6 Å². The van der Waals surface area contributed by atoms with Crippen LogP contribution in [0.1, 0.15) is 57.2 Å². The van der Waals surface area contributed by atoms with Crippen molar-refractivity contribution in [2.45, 2.75) is 64.0 Å². The lowest BCUT2D eigenvalue weighted by Crippen LogP contribution is -2.17. The van der Waals surface area contributed by atoms with Gasteiger partial charge in [-0.25, -0.2) is 9.97 Å². The number of nitrogens with zero attached hydrogens (tertiary/aromatic N) is 4. The van der Waals surface area contributed by atoms with E-state index in [0.717, 1.165) is 29.0 Å². The minimum absolute atomic E-state index is 0.